The van der Waals surface area contributed by atoms with E-state index in [1.165, 1.54) is 22.6 Å². The summed E-state index contributed by atoms with van der Waals surface area (Å²) < 4.78 is 0. The van der Waals surface area contributed by atoms with Crippen LogP contribution < -0.4 is 0 Å². The Hall–Kier alpha value is -0.600. The molecule has 0 saturated carbocycles. The molecule has 0 atom stereocenters. The van der Waals surface area contributed by atoms with Gasteiger partial charge in [-0.3, -0.25) is 0 Å². The Kier molecular flexibility index (Phi) is 3.98. The van der Waals surface area contributed by atoms with Crippen molar-refractivity contribution >= 4 is 22.7 Å². The number of unbranched alkanes of at least 4 members (excludes halogenated alkanes) is 1. The van der Waals surface area contributed by atoms with Crippen LogP contribution in [0.25, 0.3) is 0 Å². The topological polar surface area (TPSA) is 0 Å². The number of thiophene rings is 2. The summed E-state index contributed by atoms with van der Waals surface area (Å²) in [5, 5.41) is 4.33. The van der Waals surface area contributed by atoms with Gasteiger partial charge in [0.1, 0.15) is 0 Å². The van der Waals surface area contributed by atoms with Crippen molar-refractivity contribution < 1.29 is 0 Å². The Balaban J connectivity index is 2.17. The van der Waals surface area contributed by atoms with Gasteiger partial charge >= 0.3 is 0 Å². The zero-order valence-corrected chi connectivity index (χ0v) is 10.3. The summed E-state index contributed by atoms with van der Waals surface area (Å²) >= 11 is 3.73. The van der Waals surface area contributed by atoms with E-state index in [0.29, 0.717) is 5.92 Å². The van der Waals surface area contributed by atoms with Crippen LogP contribution in [0.2, 0.25) is 0 Å². The zero-order valence-electron chi connectivity index (χ0n) is 8.69. The van der Waals surface area contributed by atoms with E-state index < -0.39 is 0 Å². The molecule has 2 aromatic rings. The van der Waals surface area contributed by atoms with Crippen molar-refractivity contribution in [2.75, 3.05) is 0 Å². The molecule has 2 aromatic heterocycles. The zero-order chi connectivity index (χ0) is 10.5. The van der Waals surface area contributed by atoms with Gasteiger partial charge < -0.3 is 0 Å². The predicted octanol–water partition coefficient (Wildman–Crippen LogP) is 4.95. The fraction of sp³-hybridized carbons (Fsp3) is 0.308. The minimum Gasteiger partial charge on any atom is -0.148 e. The van der Waals surface area contributed by atoms with Gasteiger partial charge in [-0.15, -0.1) is 22.7 Å². The van der Waals surface area contributed by atoms with Gasteiger partial charge in [0.05, 0.1) is 0 Å². The largest absolute Gasteiger partial charge is 0.148 e. The molecule has 0 unspecified atom stereocenters. The van der Waals surface area contributed by atoms with Crippen LogP contribution in [-0.2, 0) is 0 Å². The molecular weight excluding hydrogens is 220 g/mol. The molecule has 79 valence electrons. The van der Waals surface area contributed by atoms with Gasteiger partial charge in [-0.25, -0.2) is 0 Å². The second-order valence-corrected chi connectivity index (χ2v) is 5.54. The summed E-state index contributed by atoms with van der Waals surface area (Å²) in [6.07, 6.45) is 3.47. The van der Waals surface area contributed by atoms with Crippen LogP contribution in [0.3, 0.4) is 0 Å². The third-order valence-corrected chi connectivity index (χ3v) is 4.49. The second-order valence-electron chi connectivity index (χ2n) is 3.58. The fourth-order valence-electron chi connectivity index (χ4n) is 1.75. The fourth-order valence-corrected chi connectivity index (χ4v) is 3.59. The highest BCUT2D eigenvalue weighted by Crippen LogP contribution is 2.34. The van der Waals surface area contributed by atoms with E-state index in [1.54, 1.807) is 0 Å². The molecule has 1 radical (unpaired) electrons. The van der Waals surface area contributed by atoms with Gasteiger partial charge in [-0.05, 0) is 29.3 Å². The van der Waals surface area contributed by atoms with Crippen LogP contribution in [0, 0.1) is 6.92 Å². The summed E-state index contributed by atoms with van der Waals surface area (Å²) in [7, 11) is 0. The Morgan fingerprint density at radius 3 is 2.07 bits per heavy atom. The molecule has 0 bridgehead atoms. The lowest BCUT2D eigenvalue weighted by Crippen LogP contribution is -1.96. The molecule has 0 nitrogen and oxygen atoms in total. The van der Waals surface area contributed by atoms with E-state index in [0.717, 1.165) is 6.42 Å². The summed E-state index contributed by atoms with van der Waals surface area (Å²) in [5.41, 5.74) is 0. The van der Waals surface area contributed by atoms with E-state index >= 15 is 0 Å². The Morgan fingerprint density at radius 1 is 1.07 bits per heavy atom. The van der Waals surface area contributed by atoms with Crippen molar-refractivity contribution in [2.45, 2.75) is 25.2 Å². The van der Waals surface area contributed by atoms with Crippen LogP contribution in [-0.4, -0.2) is 0 Å². The monoisotopic (exact) mass is 235 g/mol. The summed E-state index contributed by atoms with van der Waals surface area (Å²) in [6, 6.07) is 8.78. The molecule has 15 heavy (non-hydrogen) atoms. The maximum atomic E-state index is 3.93. The molecule has 0 N–H and O–H groups in total. The van der Waals surface area contributed by atoms with E-state index in [1.807, 2.05) is 22.7 Å². The van der Waals surface area contributed by atoms with Crippen LogP contribution >= 0.6 is 22.7 Å². The van der Waals surface area contributed by atoms with Crippen molar-refractivity contribution in [3.8, 4) is 0 Å². The first-order valence-corrected chi connectivity index (χ1v) is 7.04. The van der Waals surface area contributed by atoms with Gasteiger partial charge in [0.15, 0.2) is 0 Å². The summed E-state index contributed by atoms with van der Waals surface area (Å²) in [6.45, 7) is 3.93. The molecule has 0 aliphatic heterocycles. The number of hydrogen-bond donors (Lipinski definition) is 0. The van der Waals surface area contributed by atoms with Crippen LogP contribution in [0.1, 0.15) is 34.9 Å². The Morgan fingerprint density at radius 2 is 1.67 bits per heavy atom. The molecule has 0 aliphatic rings. The van der Waals surface area contributed by atoms with Crippen LogP contribution in [0.4, 0.5) is 0 Å². The average Bonchev–Trinajstić information content (AvgIpc) is 2.90. The summed E-state index contributed by atoms with van der Waals surface area (Å²) in [4.78, 5) is 2.98. The van der Waals surface area contributed by atoms with Gasteiger partial charge in [-0.1, -0.05) is 31.9 Å². The highest BCUT2D eigenvalue weighted by atomic mass is 32.1. The molecule has 0 amide bonds. The summed E-state index contributed by atoms with van der Waals surface area (Å²) in [5.74, 6) is 0.603. The average molecular weight is 235 g/mol. The van der Waals surface area contributed by atoms with E-state index in [9.17, 15) is 0 Å². The predicted molar refractivity (Wildman–Crippen MR) is 69.7 cm³/mol. The molecule has 0 aliphatic carbocycles. The van der Waals surface area contributed by atoms with Crippen molar-refractivity contribution in [3.05, 3.63) is 51.7 Å². The highest BCUT2D eigenvalue weighted by Gasteiger charge is 2.15. The minimum absolute atomic E-state index is 0.603. The van der Waals surface area contributed by atoms with Crippen molar-refractivity contribution in [1.82, 2.24) is 0 Å². The van der Waals surface area contributed by atoms with Crippen molar-refractivity contribution in [1.29, 1.82) is 0 Å². The number of rotatable bonds is 5. The van der Waals surface area contributed by atoms with E-state index in [4.69, 9.17) is 0 Å². The lowest BCUT2D eigenvalue weighted by Gasteiger charge is -2.12. The lowest BCUT2D eigenvalue weighted by atomic mass is 9.99. The third-order valence-electron chi connectivity index (χ3n) is 2.52. The molecule has 2 heterocycles. The van der Waals surface area contributed by atoms with Gasteiger partial charge in [0.2, 0.25) is 0 Å². The van der Waals surface area contributed by atoms with Crippen LogP contribution in [0.15, 0.2) is 35.0 Å². The first-order chi connectivity index (χ1) is 7.42. The van der Waals surface area contributed by atoms with E-state index in [2.05, 4.69) is 41.9 Å². The minimum atomic E-state index is 0.603. The third kappa shape index (κ3) is 2.70. The maximum absolute atomic E-state index is 3.93. The van der Waals surface area contributed by atoms with Crippen molar-refractivity contribution in [3.63, 3.8) is 0 Å². The Labute approximate surface area is 99.6 Å². The number of hydrogen-bond acceptors (Lipinski definition) is 2. The smallest absolute Gasteiger partial charge is 0.0278 e. The molecule has 0 saturated heterocycles. The van der Waals surface area contributed by atoms with Gasteiger partial charge in [0.25, 0.3) is 0 Å². The molecule has 0 spiro atoms. The standard InChI is InChI=1S/C13H15S2/c1-2-3-6-11(12-7-4-9-14-12)13-8-5-10-15-13/h4-5,7-11H,1-3,6H2. The van der Waals surface area contributed by atoms with Gasteiger partial charge in [0, 0.05) is 15.7 Å². The molecule has 2 heteroatoms. The normalized spacial score (nSPS) is 11.1. The molecular formula is C13H15S2. The maximum Gasteiger partial charge on any atom is 0.0278 e. The van der Waals surface area contributed by atoms with Crippen LogP contribution in [0.5, 0.6) is 0 Å². The first-order valence-electron chi connectivity index (χ1n) is 5.28. The Bertz CT molecular complexity index is 325. The quantitative estimate of drug-likeness (QED) is 0.688. The second kappa shape index (κ2) is 5.47. The SMILES string of the molecule is [CH2]CCCC(c1cccs1)c1cccs1. The molecule has 0 aromatic carbocycles. The van der Waals surface area contributed by atoms with E-state index in [-0.39, 0.29) is 0 Å². The lowest BCUT2D eigenvalue weighted by molar-refractivity contribution is 0.684. The molecule has 0 fully saturated rings. The molecule has 2 rings (SSSR count). The first kappa shape index (κ1) is 10.9. The highest BCUT2D eigenvalue weighted by molar-refractivity contribution is 7.11. The van der Waals surface area contributed by atoms with Gasteiger partial charge in [-0.2, -0.15) is 0 Å². The van der Waals surface area contributed by atoms with Crippen molar-refractivity contribution in [2.24, 2.45) is 0 Å².